The van der Waals surface area contributed by atoms with Gasteiger partial charge >= 0.3 is 5.97 Å². The molecule has 0 fully saturated rings. The maximum atomic E-state index is 10.7. The van der Waals surface area contributed by atoms with Gasteiger partial charge in [-0.1, -0.05) is 26.2 Å². The fourth-order valence-electron chi connectivity index (χ4n) is 1.39. The molecule has 0 aromatic rings. The van der Waals surface area contributed by atoms with E-state index in [-0.39, 0.29) is 6.54 Å². The van der Waals surface area contributed by atoms with E-state index in [0.717, 1.165) is 25.7 Å². The number of esters is 1. The van der Waals surface area contributed by atoms with Crippen molar-refractivity contribution in [3.63, 3.8) is 0 Å². The molecule has 0 heterocycles. The summed E-state index contributed by atoms with van der Waals surface area (Å²) in [5.74, 6) is -0.447. The first kappa shape index (κ1) is 13.9. The summed E-state index contributed by atoms with van der Waals surface area (Å²) >= 11 is 0. The number of nitro groups is 1. The van der Waals surface area contributed by atoms with Crippen molar-refractivity contribution < 1.29 is 14.5 Å². The highest BCUT2D eigenvalue weighted by Crippen LogP contribution is 2.08. The number of unbranched alkanes of at least 4 members (excludes halogenated alkanes) is 3. The lowest BCUT2D eigenvalue weighted by Gasteiger charge is -2.12. The van der Waals surface area contributed by atoms with Crippen molar-refractivity contribution in [2.75, 3.05) is 6.54 Å². The maximum absolute atomic E-state index is 10.7. The third-order valence-corrected chi connectivity index (χ3v) is 2.06. The van der Waals surface area contributed by atoms with E-state index in [2.05, 4.69) is 6.92 Å². The van der Waals surface area contributed by atoms with E-state index in [1.54, 1.807) is 0 Å². The van der Waals surface area contributed by atoms with Crippen molar-refractivity contribution in [3.05, 3.63) is 10.1 Å². The topological polar surface area (TPSA) is 69.4 Å². The zero-order valence-corrected chi connectivity index (χ0v) is 9.40. The van der Waals surface area contributed by atoms with E-state index in [9.17, 15) is 14.9 Å². The average molecular weight is 217 g/mol. The maximum Gasteiger partial charge on any atom is 0.303 e. The van der Waals surface area contributed by atoms with Gasteiger partial charge in [0.2, 0.25) is 6.54 Å². The van der Waals surface area contributed by atoms with E-state index < -0.39 is 17.0 Å². The molecule has 88 valence electrons. The number of hydrogen-bond acceptors (Lipinski definition) is 4. The van der Waals surface area contributed by atoms with Crippen molar-refractivity contribution >= 4 is 5.97 Å². The molecule has 0 amide bonds. The van der Waals surface area contributed by atoms with Crippen LogP contribution in [0.5, 0.6) is 0 Å². The highest BCUT2D eigenvalue weighted by Gasteiger charge is 2.17. The number of hydrogen-bond donors (Lipinski definition) is 0. The molecule has 1 atom stereocenters. The molecule has 0 spiro atoms. The first-order valence-electron chi connectivity index (χ1n) is 5.35. The highest BCUT2D eigenvalue weighted by molar-refractivity contribution is 5.66. The van der Waals surface area contributed by atoms with Gasteiger partial charge in [0.25, 0.3) is 0 Å². The summed E-state index contributed by atoms with van der Waals surface area (Å²) in [4.78, 5) is 20.5. The molecular weight excluding hydrogens is 198 g/mol. The molecule has 0 unspecified atom stereocenters. The minimum Gasteiger partial charge on any atom is -0.456 e. The van der Waals surface area contributed by atoms with Gasteiger partial charge in [-0.2, -0.15) is 0 Å². The van der Waals surface area contributed by atoms with Gasteiger partial charge in [-0.15, -0.1) is 0 Å². The van der Waals surface area contributed by atoms with Crippen LogP contribution in [-0.4, -0.2) is 23.5 Å². The molecule has 0 N–H and O–H groups in total. The molecule has 0 rings (SSSR count). The van der Waals surface area contributed by atoms with E-state index in [4.69, 9.17) is 4.74 Å². The summed E-state index contributed by atoms with van der Waals surface area (Å²) in [5.41, 5.74) is 0. The fourth-order valence-corrected chi connectivity index (χ4v) is 1.39. The van der Waals surface area contributed by atoms with Crippen LogP contribution >= 0.6 is 0 Å². The van der Waals surface area contributed by atoms with Crippen LogP contribution in [0.4, 0.5) is 0 Å². The van der Waals surface area contributed by atoms with Gasteiger partial charge in [-0.25, -0.2) is 0 Å². The van der Waals surface area contributed by atoms with Crippen molar-refractivity contribution in [2.24, 2.45) is 0 Å². The molecule has 15 heavy (non-hydrogen) atoms. The Balaban J connectivity index is 3.79. The lowest BCUT2D eigenvalue weighted by Crippen LogP contribution is -2.25. The Kier molecular flexibility index (Phi) is 7.58. The molecule has 0 aliphatic carbocycles. The van der Waals surface area contributed by atoms with Crippen molar-refractivity contribution in [2.45, 2.75) is 52.1 Å². The second-order valence-electron chi connectivity index (χ2n) is 3.60. The molecule has 0 aromatic heterocycles. The minimum absolute atomic E-state index is 0.286. The van der Waals surface area contributed by atoms with Gasteiger partial charge in [0.15, 0.2) is 6.10 Å². The van der Waals surface area contributed by atoms with Crippen LogP contribution in [0.3, 0.4) is 0 Å². The number of ether oxygens (including phenoxy) is 1. The highest BCUT2D eigenvalue weighted by atomic mass is 16.6. The monoisotopic (exact) mass is 217 g/mol. The van der Waals surface area contributed by atoms with Crippen LogP contribution < -0.4 is 0 Å². The Morgan fingerprint density at radius 1 is 1.40 bits per heavy atom. The van der Waals surface area contributed by atoms with Gasteiger partial charge in [0.1, 0.15) is 0 Å². The first-order chi connectivity index (χ1) is 7.06. The Hall–Kier alpha value is -1.13. The van der Waals surface area contributed by atoms with Crippen molar-refractivity contribution in [1.29, 1.82) is 0 Å². The van der Waals surface area contributed by atoms with E-state index >= 15 is 0 Å². The van der Waals surface area contributed by atoms with Gasteiger partial charge in [0, 0.05) is 11.8 Å². The van der Waals surface area contributed by atoms with E-state index in [0.29, 0.717) is 6.42 Å². The molecule has 5 nitrogen and oxygen atoms in total. The van der Waals surface area contributed by atoms with Gasteiger partial charge in [-0.3, -0.25) is 14.9 Å². The standard InChI is InChI=1S/C10H19NO4/c1-3-4-5-6-7-10(8-11(13)14)15-9(2)12/h10H,3-8H2,1-2H3/t10-/m1/s1. The van der Waals surface area contributed by atoms with Crippen LogP contribution in [0.15, 0.2) is 0 Å². The lowest BCUT2D eigenvalue weighted by molar-refractivity contribution is -0.490. The summed E-state index contributed by atoms with van der Waals surface area (Å²) in [6, 6.07) is 0. The van der Waals surface area contributed by atoms with Crippen LogP contribution in [-0.2, 0) is 9.53 Å². The van der Waals surface area contributed by atoms with Gasteiger partial charge < -0.3 is 4.74 Å². The number of rotatable bonds is 8. The van der Waals surface area contributed by atoms with E-state index in [1.165, 1.54) is 6.92 Å². The lowest BCUT2D eigenvalue weighted by atomic mass is 10.1. The largest absolute Gasteiger partial charge is 0.456 e. The molecule has 0 saturated carbocycles. The molecule has 0 aliphatic rings. The van der Waals surface area contributed by atoms with Crippen LogP contribution in [0.25, 0.3) is 0 Å². The second-order valence-corrected chi connectivity index (χ2v) is 3.60. The summed E-state index contributed by atoms with van der Waals surface area (Å²) < 4.78 is 4.86. The third kappa shape index (κ3) is 9.18. The zero-order valence-electron chi connectivity index (χ0n) is 9.40. The normalized spacial score (nSPS) is 12.1. The summed E-state index contributed by atoms with van der Waals surface area (Å²) in [6.07, 6.45) is 4.17. The van der Waals surface area contributed by atoms with Gasteiger partial charge in [0.05, 0.1) is 0 Å². The average Bonchev–Trinajstić information content (AvgIpc) is 2.10. The molecule has 0 bridgehead atoms. The Morgan fingerprint density at radius 2 is 2.07 bits per heavy atom. The molecule has 0 saturated heterocycles. The Morgan fingerprint density at radius 3 is 2.53 bits per heavy atom. The summed E-state index contributed by atoms with van der Waals surface area (Å²) in [5, 5.41) is 10.3. The number of nitrogens with zero attached hydrogens (tertiary/aromatic N) is 1. The zero-order chi connectivity index (χ0) is 11.7. The Bertz CT molecular complexity index is 190. The third-order valence-electron chi connectivity index (χ3n) is 2.06. The van der Waals surface area contributed by atoms with Gasteiger partial charge in [-0.05, 0) is 12.8 Å². The van der Waals surface area contributed by atoms with E-state index in [1.807, 2.05) is 0 Å². The predicted molar refractivity (Wildman–Crippen MR) is 56.2 cm³/mol. The minimum atomic E-state index is -0.561. The SMILES string of the molecule is CCCCCC[C@H](C[N+](=O)[O-])OC(C)=O. The molecule has 0 aliphatic heterocycles. The quantitative estimate of drug-likeness (QED) is 0.270. The second kappa shape index (κ2) is 8.20. The van der Waals surface area contributed by atoms with Crippen molar-refractivity contribution in [3.8, 4) is 0 Å². The van der Waals surface area contributed by atoms with Crippen LogP contribution in [0, 0.1) is 10.1 Å². The first-order valence-corrected chi connectivity index (χ1v) is 5.35. The molecule has 0 radical (unpaired) electrons. The summed E-state index contributed by atoms with van der Waals surface area (Å²) in [6.45, 7) is 3.09. The number of carbonyl (C=O) groups is 1. The fraction of sp³-hybridized carbons (Fsp3) is 0.900. The number of carbonyl (C=O) groups excluding carboxylic acids is 1. The summed E-state index contributed by atoms with van der Waals surface area (Å²) in [7, 11) is 0. The van der Waals surface area contributed by atoms with Crippen molar-refractivity contribution in [1.82, 2.24) is 0 Å². The molecular formula is C10H19NO4. The predicted octanol–water partition coefficient (Wildman–Crippen LogP) is 2.17. The molecule has 5 heteroatoms. The molecule has 0 aromatic carbocycles. The van der Waals surface area contributed by atoms with Crippen LogP contribution in [0.2, 0.25) is 0 Å². The van der Waals surface area contributed by atoms with Crippen LogP contribution in [0.1, 0.15) is 46.0 Å². The Labute approximate surface area is 90.0 Å². The smallest absolute Gasteiger partial charge is 0.303 e.